The van der Waals surface area contributed by atoms with Crippen LogP contribution in [0.1, 0.15) is 62.5 Å². The number of benzene rings is 3. The molecule has 0 spiro atoms. The summed E-state index contributed by atoms with van der Waals surface area (Å²) in [6.07, 6.45) is 1.28. The van der Waals surface area contributed by atoms with E-state index in [9.17, 15) is 0 Å². The van der Waals surface area contributed by atoms with E-state index in [0.29, 0.717) is 6.61 Å². The molecular formula is C27H32O2. The van der Waals surface area contributed by atoms with Crippen LogP contribution in [0.5, 0.6) is 0 Å². The van der Waals surface area contributed by atoms with Gasteiger partial charge >= 0.3 is 0 Å². The van der Waals surface area contributed by atoms with Crippen LogP contribution < -0.4 is 0 Å². The molecular weight excluding hydrogens is 356 g/mol. The van der Waals surface area contributed by atoms with Crippen LogP contribution in [0, 0.1) is 0 Å². The minimum atomic E-state index is -0.517. The van der Waals surface area contributed by atoms with Gasteiger partial charge in [-0.25, -0.2) is 0 Å². The van der Waals surface area contributed by atoms with Crippen LogP contribution in [-0.4, -0.2) is 6.10 Å². The van der Waals surface area contributed by atoms with Crippen molar-refractivity contribution < 1.29 is 9.47 Å². The van der Waals surface area contributed by atoms with Crippen molar-refractivity contribution in [2.45, 2.75) is 58.5 Å². The molecule has 1 atom stereocenters. The molecule has 0 amide bonds. The molecule has 3 aromatic carbocycles. The maximum Gasteiger partial charge on any atom is 0.116 e. The van der Waals surface area contributed by atoms with Crippen LogP contribution in [0.4, 0.5) is 0 Å². The lowest BCUT2D eigenvalue weighted by Crippen LogP contribution is -2.27. The van der Waals surface area contributed by atoms with Crippen LogP contribution >= 0.6 is 0 Å². The minimum Gasteiger partial charge on any atom is -0.371 e. The Bertz CT molecular complexity index is 832. The highest BCUT2D eigenvalue weighted by molar-refractivity contribution is 5.35. The zero-order chi connectivity index (χ0) is 20.7. The largest absolute Gasteiger partial charge is 0.371 e. The normalized spacial score (nSPS) is 12.9. The van der Waals surface area contributed by atoms with Gasteiger partial charge in [-0.3, -0.25) is 0 Å². The van der Waals surface area contributed by atoms with Gasteiger partial charge in [0, 0.05) is 0 Å². The van der Waals surface area contributed by atoms with Gasteiger partial charge in [-0.05, 0) is 49.4 Å². The number of hydrogen-bond acceptors (Lipinski definition) is 2. The first-order chi connectivity index (χ1) is 14.0. The number of ether oxygens (including phenoxy) is 2. The van der Waals surface area contributed by atoms with Crippen molar-refractivity contribution in [1.82, 2.24) is 0 Å². The molecule has 2 nitrogen and oxygen atoms in total. The van der Waals surface area contributed by atoms with Crippen molar-refractivity contribution in [3.05, 3.63) is 107 Å². The fourth-order valence-corrected chi connectivity index (χ4v) is 3.70. The lowest BCUT2D eigenvalue weighted by Gasteiger charge is -2.31. The molecule has 0 heterocycles. The molecule has 0 bridgehead atoms. The van der Waals surface area contributed by atoms with Crippen molar-refractivity contribution in [2.75, 3.05) is 0 Å². The van der Waals surface area contributed by atoms with Gasteiger partial charge in [0.2, 0.25) is 0 Å². The fraction of sp³-hybridized carbons (Fsp3) is 0.333. The number of hydrogen-bond donors (Lipinski definition) is 0. The Balaban J connectivity index is 1.85. The average Bonchev–Trinajstić information content (AvgIpc) is 2.77. The van der Waals surface area contributed by atoms with Crippen molar-refractivity contribution in [1.29, 1.82) is 0 Å². The molecule has 29 heavy (non-hydrogen) atoms. The standard InChI is InChI=1S/C27H32O2/c1-5-26(29-21(2)3)23-14-12-13-22(19-23)20-28-27(4,24-15-8-6-9-16-24)25-17-10-7-11-18-25/h6-19,21,26H,5,20H2,1-4H3. The molecule has 0 N–H and O–H groups in total. The minimum absolute atomic E-state index is 0.115. The van der Waals surface area contributed by atoms with E-state index < -0.39 is 5.60 Å². The number of rotatable bonds is 9. The van der Waals surface area contributed by atoms with E-state index in [1.165, 1.54) is 5.56 Å². The second-order valence-corrected chi connectivity index (χ2v) is 7.88. The average molecular weight is 389 g/mol. The van der Waals surface area contributed by atoms with Crippen molar-refractivity contribution in [3.63, 3.8) is 0 Å². The first-order valence-electron chi connectivity index (χ1n) is 10.5. The lowest BCUT2D eigenvalue weighted by atomic mass is 9.88. The predicted molar refractivity (Wildman–Crippen MR) is 120 cm³/mol. The fourth-order valence-electron chi connectivity index (χ4n) is 3.70. The van der Waals surface area contributed by atoms with Crippen molar-refractivity contribution in [3.8, 4) is 0 Å². The van der Waals surface area contributed by atoms with Crippen molar-refractivity contribution >= 4 is 0 Å². The third-order valence-electron chi connectivity index (χ3n) is 5.31. The van der Waals surface area contributed by atoms with E-state index in [1.807, 2.05) is 12.1 Å². The van der Waals surface area contributed by atoms with Gasteiger partial charge < -0.3 is 9.47 Å². The quantitative estimate of drug-likeness (QED) is 0.391. The topological polar surface area (TPSA) is 18.5 Å². The Morgan fingerprint density at radius 2 is 1.38 bits per heavy atom. The summed E-state index contributed by atoms with van der Waals surface area (Å²) in [5.74, 6) is 0. The van der Waals surface area contributed by atoms with Gasteiger partial charge in [0.15, 0.2) is 0 Å². The first-order valence-corrected chi connectivity index (χ1v) is 10.5. The van der Waals surface area contributed by atoms with Crippen LogP contribution in [0.15, 0.2) is 84.9 Å². The molecule has 0 aliphatic rings. The Morgan fingerprint density at radius 3 is 1.90 bits per heavy atom. The maximum absolute atomic E-state index is 6.60. The second-order valence-electron chi connectivity index (χ2n) is 7.88. The summed E-state index contributed by atoms with van der Waals surface area (Å²) in [6.45, 7) is 9.02. The SMILES string of the molecule is CCC(OC(C)C)c1cccc(COC(C)(c2ccccc2)c2ccccc2)c1. The third kappa shape index (κ3) is 5.35. The van der Waals surface area contributed by atoms with E-state index in [4.69, 9.17) is 9.47 Å². The Morgan fingerprint density at radius 1 is 0.793 bits per heavy atom. The lowest BCUT2D eigenvalue weighted by molar-refractivity contribution is -0.0169. The van der Waals surface area contributed by atoms with E-state index in [2.05, 4.69) is 100 Å². The smallest absolute Gasteiger partial charge is 0.116 e. The van der Waals surface area contributed by atoms with Crippen LogP contribution in [0.25, 0.3) is 0 Å². The van der Waals surface area contributed by atoms with Crippen molar-refractivity contribution in [2.24, 2.45) is 0 Å². The second kappa shape index (κ2) is 9.87. The summed E-state index contributed by atoms with van der Waals surface area (Å²) in [5.41, 5.74) is 4.15. The molecule has 0 saturated heterocycles. The molecule has 2 heteroatoms. The summed E-state index contributed by atoms with van der Waals surface area (Å²) < 4.78 is 12.7. The highest BCUT2D eigenvalue weighted by Gasteiger charge is 2.29. The van der Waals surface area contributed by atoms with E-state index >= 15 is 0 Å². The zero-order valence-corrected chi connectivity index (χ0v) is 18.0. The monoisotopic (exact) mass is 388 g/mol. The van der Waals surface area contributed by atoms with Crippen LogP contribution in [0.2, 0.25) is 0 Å². The highest BCUT2D eigenvalue weighted by atomic mass is 16.5. The van der Waals surface area contributed by atoms with E-state index in [0.717, 1.165) is 23.1 Å². The van der Waals surface area contributed by atoms with Gasteiger partial charge in [0.05, 0.1) is 18.8 Å². The molecule has 0 aromatic heterocycles. The zero-order valence-electron chi connectivity index (χ0n) is 18.0. The molecule has 0 aliphatic carbocycles. The molecule has 152 valence electrons. The highest BCUT2D eigenvalue weighted by Crippen LogP contribution is 2.34. The molecule has 0 aliphatic heterocycles. The first kappa shape index (κ1) is 21.3. The Hall–Kier alpha value is -2.42. The third-order valence-corrected chi connectivity index (χ3v) is 5.31. The molecule has 1 unspecified atom stereocenters. The Labute approximate surface area is 175 Å². The summed E-state index contributed by atoms with van der Waals surface area (Å²) in [5, 5.41) is 0. The van der Waals surface area contributed by atoms with E-state index in [1.54, 1.807) is 0 Å². The summed E-state index contributed by atoms with van der Waals surface area (Å²) in [4.78, 5) is 0. The van der Waals surface area contributed by atoms with Gasteiger partial charge in [-0.15, -0.1) is 0 Å². The summed E-state index contributed by atoms with van der Waals surface area (Å²) >= 11 is 0. The molecule has 0 fully saturated rings. The van der Waals surface area contributed by atoms with Gasteiger partial charge in [-0.1, -0.05) is 91.9 Å². The predicted octanol–water partition coefficient (Wildman–Crippen LogP) is 7.04. The molecule has 3 aromatic rings. The molecule has 0 saturated carbocycles. The molecule has 3 rings (SSSR count). The van der Waals surface area contributed by atoms with E-state index in [-0.39, 0.29) is 12.2 Å². The molecule has 0 radical (unpaired) electrons. The maximum atomic E-state index is 6.60. The van der Waals surface area contributed by atoms with Gasteiger partial charge in [-0.2, -0.15) is 0 Å². The van der Waals surface area contributed by atoms with Crippen LogP contribution in [0.3, 0.4) is 0 Å². The van der Waals surface area contributed by atoms with Crippen LogP contribution in [-0.2, 0) is 21.7 Å². The Kier molecular flexibility index (Phi) is 7.24. The van der Waals surface area contributed by atoms with Gasteiger partial charge in [0.25, 0.3) is 0 Å². The summed E-state index contributed by atoms with van der Waals surface area (Å²) in [6, 6.07) is 29.5. The van der Waals surface area contributed by atoms with Gasteiger partial charge in [0.1, 0.15) is 5.60 Å². The summed E-state index contributed by atoms with van der Waals surface area (Å²) in [7, 11) is 0.